The Morgan fingerprint density at radius 2 is 0.781 bits per heavy atom. The van der Waals surface area contributed by atoms with Crippen LogP contribution in [0.2, 0.25) is 0 Å². The summed E-state index contributed by atoms with van der Waals surface area (Å²) < 4.78 is 0. The van der Waals surface area contributed by atoms with Crippen molar-refractivity contribution in [3.05, 3.63) is 12.4 Å². The number of hydrogen-bond acceptors (Lipinski definition) is 2. The van der Waals surface area contributed by atoms with E-state index in [0.29, 0.717) is 6.17 Å². The molecule has 0 fully saturated rings. The van der Waals surface area contributed by atoms with Crippen molar-refractivity contribution in [1.82, 2.24) is 9.80 Å². The fraction of sp³-hybridized carbons (Fsp3) is 0.933. The second-order valence-electron chi connectivity index (χ2n) is 10.4. The molecule has 0 aliphatic carbocycles. The third-order valence-corrected chi connectivity index (χ3v) is 7.28. The van der Waals surface area contributed by atoms with Crippen LogP contribution in [-0.4, -0.2) is 29.1 Å². The van der Waals surface area contributed by atoms with Crippen LogP contribution in [0, 0.1) is 0 Å². The third-order valence-electron chi connectivity index (χ3n) is 7.28. The molecule has 1 atom stereocenters. The first-order valence-electron chi connectivity index (χ1n) is 15.0. The Hall–Kier alpha value is -0.660. The Balaban J connectivity index is 2.04. The lowest BCUT2D eigenvalue weighted by atomic mass is 10.0. The summed E-state index contributed by atoms with van der Waals surface area (Å²) in [5.74, 6) is 0. The molecule has 2 nitrogen and oxygen atoms in total. The molecule has 0 saturated carbocycles. The minimum absolute atomic E-state index is 0.642. The molecule has 190 valence electrons. The fourth-order valence-corrected chi connectivity index (χ4v) is 5.19. The Labute approximate surface area is 203 Å². The summed E-state index contributed by atoms with van der Waals surface area (Å²) >= 11 is 0. The summed E-state index contributed by atoms with van der Waals surface area (Å²) in [5.41, 5.74) is 0. The summed E-state index contributed by atoms with van der Waals surface area (Å²) in [4.78, 5) is 5.27. The Morgan fingerprint density at radius 3 is 1.22 bits per heavy atom. The van der Waals surface area contributed by atoms with Gasteiger partial charge in [0.2, 0.25) is 0 Å². The van der Waals surface area contributed by atoms with Gasteiger partial charge < -0.3 is 9.80 Å². The van der Waals surface area contributed by atoms with Gasteiger partial charge in [0.05, 0.1) is 0 Å². The minimum atomic E-state index is 0.642. The van der Waals surface area contributed by atoms with Gasteiger partial charge in [0, 0.05) is 25.5 Å². The number of nitrogens with zero attached hydrogens (tertiary/aromatic N) is 2. The smallest absolute Gasteiger partial charge is 0.101 e. The summed E-state index contributed by atoms with van der Waals surface area (Å²) in [5, 5.41) is 0. The predicted molar refractivity (Wildman–Crippen MR) is 145 cm³/mol. The zero-order valence-corrected chi connectivity index (χ0v) is 22.6. The Kier molecular flexibility index (Phi) is 20.3. The van der Waals surface area contributed by atoms with E-state index in [4.69, 9.17) is 0 Å². The van der Waals surface area contributed by atoms with E-state index in [1.54, 1.807) is 0 Å². The van der Waals surface area contributed by atoms with E-state index in [1.165, 1.54) is 154 Å². The first-order chi connectivity index (χ1) is 15.8. The molecular weight excluding hydrogens is 388 g/mol. The highest BCUT2D eigenvalue weighted by Gasteiger charge is 2.24. The minimum Gasteiger partial charge on any atom is -0.356 e. The van der Waals surface area contributed by atoms with Gasteiger partial charge >= 0.3 is 0 Å². The molecule has 0 N–H and O–H groups in total. The summed E-state index contributed by atoms with van der Waals surface area (Å²) in [6, 6.07) is 0. The van der Waals surface area contributed by atoms with Crippen LogP contribution in [0.1, 0.15) is 162 Å². The average molecular weight is 449 g/mol. The normalized spacial score (nSPS) is 15.9. The molecular formula is C30H60N2. The van der Waals surface area contributed by atoms with Gasteiger partial charge in [-0.2, -0.15) is 0 Å². The van der Waals surface area contributed by atoms with Crippen LogP contribution in [0.3, 0.4) is 0 Å². The molecule has 0 aromatic heterocycles. The van der Waals surface area contributed by atoms with Gasteiger partial charge in [0.1, 0.15) is 6.17 Å². The molecule has 2 heteroatoms. The van der Waals surface area contributed by atoms with E-state index in [9.17, 15) is 0 Å². The quantitative estimate of drug-likeness (QED) is 0.135. The van der Waals surface area contributed by atoms with Crippen LogP contribution < -0.4 is 0 Å². The molecule has 0 spiro atoms. The van der Waals surface area contributed by atoms with Gasteiger partial charge in [-0.1, -0.05) is 136 Å². The van der Waals surface area contributed by atoms with Gasteiger partial charge in [-0.25, -0.2) is 0 Å². The van der Waals surface area contributed by atoms with Gasteiger partial charge in [0.15, 0.2) is 0 Å². The van der Waals surface area contributed by atoms with Gasteiger partial charge in [-0.15, -0.1) is 0 Å². The molecule has 0 bridgehead atoms. The molecule has 0 aromatic carbocycles. The lowest BCUT2D eigenvalue weighted by molar-refractivity contribution is 0.137. The van der Waals surface area contributed by atoms with Gasteiger partial charge in [-0.05, 0) is 25.7 Å². The monoisotopic (exact) mass is 448 g/mol. The van der Waals surface area contributed by atoms with Crippen LogP contribution in [0.5, 0.6) is 0 Å². The standard InChI is InChI=1S/C30H60N2/c1-4-7-9-11-13-14-15-16-17-18-20-22-24-27-32-29-28-31(26-6-3)30(32)25-23-21-19-12-10-8-5-2/h28-30H,4-27H2,1-3H3. The van der Waals surface area contributed by atoms with Crippen LogP contribution in [0.25, 0.3) is 0 Å². The van der Waals surface area contributed by atoms with Crippen molar-refractivity contribution >= 4 is 0 Å². The Bertz CT molecular complexity index is 406. The van der Waals surface area contributed by atoms with Crippen LogP contribution in [0.15, 0.2) is 12.4 Å². The summed E-state index contributed by atoms with van der Waals surface area (Å²) in [6.45, 7) is 9.40. The molecule has 0 aromatic rings. The zero-order valence-electron chi connectivity index (χ0n) is 22.6. The lowest BCUT2D eigenvalue weighted by Crippen LogP contribution is -2.39. The van der Waals surface area contributed by atoms with Crippen molar-refractivity contribution in [3.8, 4) is 0 Å². The number of rotatable bonds is 24. The van der Waals surface area contributed by atoms with Crippen molar-refractivity contribution in [3.63, 3.8) is 0 Å². The first-order valence-corrected chi connectivity index (χ1v) is 15.0. The molecule has 32 heavy (non-hydrogen) atoms. The van der Waals surface area contributed by atoms with E-state index in [1.807, 2.05) is 0 Å². The van der Waals surface area contributed by atoms with E-state index in [2.05, 4.69) is 43.0 Å². The SMILES string of the molecule is CCCCCCCCCCCCCCCN1C=CN(CCC)C1CCCCCCCCC. The number of unbranched alkanes of at least 4 members (excludes halogenated alkanes) is 18. The molecule has 0 saturated heterocycles. The largest absolute Gasteiger partial charge is 0.356 e. The van der Waals surface area contributed by atoms with Crippen molar-refractivity contribution < 1.29 is 0 Å². The number of hydrogen-bond donors (Lipinski definition) is 0. The van der Waals surface area contributed by atoms with E-state index >= 15 is 0 Å². The molecule has 1 aliphatic heterocycles. The van der Waals surface area contributed by atoms with Gasteiger partial charge in [0.25, 0.3) is 0 Å². The Morgan fingerprint density at radius 1 is 0.406 bits per heavy atom. The lowest BCUT2D eigenvalue weighted by Gasteiger charge is -2.33. The highest BCUT2D eigenvalue weighted by atomic mass is 15.4. The average Bonchev–Trinajstić information content (AvgIpc) is 3.18. The predicted octanol–water partition coefficient (Wildman–Crippen LogP) is 10.0. The second-order valence-corrected chi connectivity index (χ2v) is 10.4. The molecule has 0 radical (unpaired) electrons. The second kappa shape index (κ2) is 22.1. The maximum atomic E-state index is 2.66. The molecule has 1 rings (SSSR count). The van der Waals surface area contributed by atoms with Crippen molar-refractivity contribution in [1.29, 1.82) is 0 Å². The maximum absolute atomic E-state index is 2.66. The fourth-order valence-electron chi connectivity index (χ4n) is 5.19. The zero-order chi connectivity index (χ0) is 23.1. The first kappa shape index (κ1) is 29.4. The van der Waals surface area contributed by atoms with Crippen molar-refractivity contribution in [2.24, 2.45) is 0 Å². The maximum Gasteiger partial charge on any atom is 0.101 e. The van der Waals surface area contributed by atoms with Crippen LogP contribution >= 0.6 is 0 Å². The van der Waals surface area contributed by atoms with E-state index < -0.39 is 0 Å². The molecule has 1 unspecified atom stereocenters. The van der Waals surface area contributed by atoms with Crippen LogP contribution in [-0.2, 0) is 0 Å². The third kappa shape index (κ3) is 15.2. The van der Waals surface area contributed by atoms with Crippen molar-refractivity contribution in [2.45, 2.75) is 168 Å². The summed E-state index contributed by atoms with van der Waals surface area (Å²) in [7, 11) is 0. The topological polar surface area (TPSA) is 6.48 Å². The van der Waals surface area contributed by atoms with E-state index in [0.717, 1.165) is 0 Å². The molecule has 1 heterocycles. The molecule has 0 amide bonds. The summed E-state index contributed by atoms with van der Waals surface area (Å²) in [6.07, 6.45) is 36.7. The van der Waals surface area contributed by atoms with E-state index in [-0.39, 0.29) is 0 Å². The van der Waals surface area contributed by atoms with Crippen molar-refractivity contribution in [2.75, 3.05) is 13.1 Å². The highest BCUT2D eigenvalue weighted by Crippen LogP contribution is 2.23. The van der Waals surface area contributed by atoms with Gasteiger partial charge in [-0.3, -0.25) is 0 Å². The highest BCUT2D eigenvalue weighted by molar-refractivity contribution is 4.96. The van der Waals surface area contributed by atoms with Crippen LogP contribution in [0.4, 0.5) is 0 Å². The molecule has 1 aliphatic rings.